The molecule has 1 aliphatic rings. The molecular weight excluding hydrogens is 220 g/mol. The smallest absolute Gasteiger partial charge is 0.0237 e. The number of rotatable bonds is 5. The third-order valence-corrected chi connectivity index (χ3v) is 3.97. The highest BCUT2D eigenvalue weighted by Gasteiger charge is 2.13. The van der Waals surface area contributed by atoms with E-state index in [0.717, 1.165) is 13.1 Å². The van der Waals surface area contributed by atoms with E-state index in [2.05, 4.69) is 48.3 Å². The Kier molecular flexibility index (Phi) is 5.21. The van der Waals surface area contributed by atoms with Crippen molar-refractivity contribution in [1.29, 1.82) is 0 Å². The molecule has 0 aromatic heterocycles. The van der Waals surface area contributed by atoms with Crippen LogP contribution in [0, 0.1) is 0 Å². The van der Waals surface area contributed by atoms with Crippen LogP contribution in [0.2, 0.25) is 0 Å². The van der Waals surface area contributed by atoms with E-state index in [1.807, 2.05) is 0 Å². The standard InChI is InChI=1S/C16H26N2/c1-3-14(2)17-10-12-18-11-6-9-15-7-4-5-8-16(15)13-18/h4-5,7-8,14,17H,3,6,9-13H2,1-2H3. The Morgan fingerprint density at radius 3 is 2.83 bits per heavy atom. The molecule has 0 saturated carbocycles. The molecule has 1 N–H and O–H groups in total. The van der Waals surface area contributed by atoms with Gasteiger partial charge in [-0.3, -0.25) is 4.90 Å². The van der Waals surface area contributed by atoms with E-state index in [-0.39, 0.29) is 0 Å². The molecule has 100 valence electrons. The molecule has 1 atom stereocenters. The van der Waals surface area contributed by atoms with Crippen molar-refractivity contribution in [3.63, 3.8) is 0 Å². The van der Waals surface area contributed by atoms with Gasteiger partial charge in [0.05, 0.1) is 0 Å². The van der Waals surface area contributed by atoms with Crippen molar-refractivity contribution < 1.29 is 0 Å². The number of nitrogens with one attached hydrogen (secondary N) is 1. The van der Waals surface area contributed by atoms with Gasteiger partial charge in [-0.1, -0.05) is 31.2 Å². The van der Waals surface area contributed by atoms with Crippen LogP contribution in [0.25, 0.3) is 0 Å². The molecule has 1 aliphatic heterocycles. The van der Waals surface area contributed by atoms with Crippen LogP contribution in [-0.2, 0) is 13.0 Å². The summed E-state index contributed by atoms with van der Waals surface area (Å²) in [6.45, 7) is 9.13. The Labute approximate surface area is 111 Å². The van der Waals surface area contributed by atoms with Crippen LogP contribution in [0.15, 0.2) is 24.3 Å². The largest absolute Gasteiger partial charge is 0.313 e. The molecule has 0 fully saturated rings. The second kappa shape index (κ2) is 6.91. The molecule has 2 nitrogen and oxygen atoms in total. The summed E-state index contributed by atoms with van der Waals surface area (Å²) in [5.41, 5.74) is 3.08. The molecule has 2 rings (SSSR count). The van der Waals surface area contributed by atoms with Crippen LogP contribution in [0.4, 0.5) is 0 Å². The lowest BCUT2D eigenvalue weighted by Crippen LogP contribution is -2.35. The Bertz CT molecular complexity index is 362. The Balaban J connectivity index is 1.84. The molecule has 1 heterocycles. The predicted molar refractivity (Wildman–Crippen MR) is 77.8 cm³/mol. The monoisotopic (exact) mass is 246 g/mol. The van der Waals surface area contributed by atoms with Gasteiger partial charge in [0.1, 0.15) is 0 Å². The summed E-state index contributed by atoms with van der Waals surface area (Å²) in [5, 5.41) is 3.58. The van der Waals surface area contributed by atoms with Crippen LogP contribution in [0.5, 0.6) is 0 Å². The van der Waals surface area contributed by atoms with Crippen molar-refractivity contribution in [3.8, 4) is 0 Å². The van der Waals surface area contributed by atoms with Crippen LogP contribution >= 0.6 is 0 Å². The van der Waals surface area contributed by atoms with E-state index in [4.69, 9.17) is 0 Å². The van der Waals surface area contributed by atoms with Gasteiger partial charge in [0, 0.05) is 25.7 Å². The molecule has 1 aromatic carbocycles. The molecular formula is C16H26N2. The van der Waals surface area contributed by atoms with Gasteiger partial charge in [-0.05, 0) is 43.9 Å². The van der Waals surface area contributed by atoms with Crippen molar-refractivity contribution in [3.05, 3.63) is 35.4 Å². The predicted octanol–water partition coefficient (Wildman–Crippen LogP) is 2.82. The molecule has 0 amide bonds. The lowest BCUT2D eigenvalue weighted by atomic mass is 10.0. The molecule has 18 heavy (non-hydrogen) atoms. The van der Waals surface area contributed by atoms with Crippen molar-refractivity contribution in [2.24, 2.45) is 0 Å². The Morgan fingerprint density at radius 2 is 2.06 bits per heavy atom. The van der Waals surface area contributed by atoms with Crippen molar-refractivity contribution in [1.82, 2.24) is 10.2 Å². The van der Waals surface area contributed by atoms with Crippen LogP contribution in [-0.4, -0.2) is 30.6 Å². The van der Waals surface area contributed by atoms with Crippen molar-refractivity contribution >= 4 is 0 Å². The number of fused-ring (bicyclic) bond motifs is 1. The van der Waals surface area contributed by atoms with Crippen LogP contribution < -0.4 is 5.32 Å². The van der Waals surface area contributed by atoms with Gasteiger partial charge in [-0.25, -0.2) is 0 Å². The van der Waals surface area contributed by atoms with E-state index in [1.165, 1.54) is 37.9 Å². The number of hydrogen-bond donors (Lipinski definition) is 1. The number of benzene rings is 1. The summed E-state index contributed by atoms with van der Waals surface area (Å²) in [5.74, 6) is 0. The molecule has 0 saturated heterocycles. The van der Waals surface area contributed by atoms with Gasteiger partial charge in [0.15, 0.2) is 0 Å². The number of nitrogens with zero attached hydrogens (tertiary/aromatic N) is 1. The Hall–Kier alpha value is -0.860. The highest BCUT2D eigenvalue weighted by atomic mass is 15.1. The maximum absolute atomic E-state index is 3.58. The third kappa shape index (κ3) is 3.82. The second-order valence-corrected chi connectivity index (χ2v) is 5.41. The van der Waals surface area contributed by atoms with Gasteiger partial charge in [-0.2, -0.15) is 0 Å². The zero-order valence-electron chi connectivity index (χ0n) is 11.8. The van der Waals surface area contributed by atoms with E-state index < -0.39 is 0 Å². The van der Waals surface area contributed by atoms with E-state index in [0.29, 0.717) is 6.04 Å². The minimum atomic E-state index is 0.643. The lowest BCUT2D eigenvalue weighted by Gasteiger charge is -2.21. The average Bonchev–Trinajstić information content (AvgIpc) is 2.60. The quantitative estimate of drug-likeness (QED) is 0.859. The zero-order valence-corrected chi connectivity index (χ0v) is 11.8. The molecule has 1 aromatic rings. The van der Waals surface area contributed by atoms with Gasteiger partial charge in [0.2, 0.25) is 0 Å². The molecule has 0 radical (unpaired) electrons. The van der Waals surface area contributed by atoms with Gasteiger partial charge in [0.25, 0.3) is 0 Å². The first-order valence-electron chi connectivity index (χ1n) is 7.32. The summed E-state index contributed by atoms with van der Waals surface area (Å²) in [4.78, 5) is 2.58. The van der Waals surface area contributed by atoms with E-state index >= 15 is 0 Å². The summed E-state index contributed by atoms with van der Waals surface area (Å²) < 4.78 is 0. The summed E-state index contributed by atoms with van der Waals surface area (Å²) in [6.07, 6.45) is 3.74. The highest BCUT2D eigenvalue weighted by Crippen LogP contribution is 2.17. The number of aryl methyl sites for hydroxylation is 1. The minimum Gasteiger partial charge on any atom is -0.313 e. The topological polar surface area (TPSA) is 15.3 Å². The van der Waals surface area contributed by atoms with Crippen LogP contribution in [0.3, 0.4) is 0 Å². The molecule has 0 aliphatic carbocycles. The fourth-order valence-corrected chi connectivity index (χ4v) is 2.57. The molecule has 0 spiro atoms. The highest BCUT2D eigenvalue weighted by molar-refractivity contribution is 5.27. The first-order valence-corrected chi connectivity index (χ1v) is 7.32. The van der Waals surface area contributed by atoms with E-state index in [9.17, 15) is 0 Å². The van der Waals surface area contributed by atoms with Crippen molar-refractivity contribution in [2.45, 2.75) is 45.7 Å². The van der Waals surface area contributed by atoms with Crippen LogP contribution in [0.1, 0.15) is 37.8 Å². The van der Waals surface area contributed by atoms with E-state index in [1.54, 1.807) is 5.56 Å². The minimum absolute atomic E-state index is 0.643. The van der Waals surface area contributed by atoms with Gasteiger partial charge < -0.3 is 5.32 Å². The SMILES string of the molecule is CCC(C)NCCN1CCCc2ccccc2C1. The van der Waals surface area contributed by atoms with Gasteiger partial charge in [-0.15, -0.1) is 0 Å². The fourth-order valence-electron chi connectivity index (χ4n) is 2.57. The lowest BCUT2D eigenvalue weighted by molar-refractivity contribution is 0.265. The second-order valence-electron chi connectivity index (χ2n) is 5.41. The summed E-state index contributed by atoms with van der Waals surface area (Å²) in [6, 6.07) is 9.55. The maximum Gasteiger partial charge on any atom is 0.0237 e. The summed E-state index contributed by atoms with van der Waals surface area (Å²) >= 11 is 0. The Morgan fingerprint density at radius 1 is 1.28 bits per heavy atom. The summed E-state index contributed by atoms with van der Waals surface area (Å²) in [7, 11) is 0. The fraction of sp³-hybridized carbons (Fsp3) is 0.625. The van der Waals surface area contributed by atoms with Gasteiger partial charge >= 0.3 is 0 Å². The van der Waals surface area contributed by atoms with Crippen molar-refractivity contribution in [2.75, 3.05) is 19.6 Å². The first-order chi connectivity index (χ1) is 8.79. The normalized spacial score (nSPS) is 18.1. The molecule has 2 heteroatoms. The average molecular weight is 246 g/mol. The molecule has 1 unspecified atom stereocenters. The first kappa shape index (κ1) is 13.6. The third-order valence-electron chi connectivity index (χ3n) is 3.97. The zero-order chi connectivity index (χ0) is 12.8. The maximum atomic E-state index is 3.58. The molecule has 0 bridgehead atoms. The number of hydrogen-bond acceptors (Lipinski definition) is 2.